The van der Waals surface area contributed by atoms with Gasteiger partial charge in [-0.15, -0.1) is 5.10 Å². The number of carbonyl (C=O) groups is 1. The summed E-state index contributed by atoms with van der Waals surface area (Å²) in [6.45, 7) is 5.07. The number of carbonyl (C=O) groups excluding carboxylic acids is 1. The van der Waals surface area contributed by atoms with Gasteiger partial charge >= 0.3 is 6.18 Å². The van der Waals surface area contributed by atoms with E-state index >= 15 is 0 Å². The van der Waals surface area contributed by atoms with Crippen molar-refractivity contribution in [3.63, 3.8) is 0 Å². The van der Waals surface area contributed by atoms with Crippen LogP contribution in [0, 0.1) is 6.92 Å². The first kappa shape index (κ1) is 22.0. The lowest BCUT2D eigenvalue weighted by atomic mass is 10.1. The van der Waals surface area contributed by atoms with Crippen LogP contribution in [-0.2, 0) is 12.7 Å². The highest BCUT2D eigenvalue weighted by molar-refractivity contribution is 5.92. The Bertz CT molecular complexity index is 1060. The fourth-order valence-corrected chi connectivity index (χ4v) is 3.74. The predicted molar refractivity (Wildman–Crippen MR) is 113 cm³/mol. The van der Waals surface area contributed by atoms with E-state index in [1.807, 2.05) is 31.2 Å². The van der Waals surface area contributed by atoms with E-state index in [1.54, 1.807) is 15.8 Å². The van der Waals surface area contributed by atoms with Crippen molar-refractivity contribution in [2.24, 2.45) is 0 Å². The van der Waals surface area contributed by atoms with Gasteiger partial charge in [-0.2, -0.15) is 13.2 Å². The molecule has 168 valence electrons. The van der Waals surface area contributed by atoms with Crippen LogP contribution in [0.5, 0.6) is 0 Å². The fraction of sp³-hybridized carbons (Fsp3) is 0.348. The number of aryl methyl sites for hydroxylation is 1. The summed E-state index contributed by atoms with van der Waals surface area (Å²) in [5, 5.41) is 8.13. The molecular weight excluding hydrogens is 419 g/mol. The fourth-order valence-electron chi connectivity index (χ4n) is 3.74. The summed E-state index contributed by atoms with van der Waals surface area (Å²) in [5.74, 6) is -0.167. The van der Waals surface area contributed by atoms with E-state index < -0.39 is 11.7 Å². The van der Waals surface area contributed by atoms with E-state index in [2.05, 4.69) is 15.2 Å². The molecular formula is C23H24F3N5O. The molecule has 1 saturated heterocycles. The molecule has 4 rings (SSSR count). The van der Waals surface area contributed by atoms with E-state index in [-0.39, 0.29) is 5.91 Å². The molecule has 1 amide bonds. The van der Waals surface area contributed by atoms with Crippen LogP contribution in [0.2, 0.25) is 0 Å². The Morgan fingerprint density at radius 2 is 1.69 bits per heavy atom. The highest BCUT2D eigenvalue weighted by Gasteiger charge is 2.30. The van der Waals surface area contributed by atoms with Gasteiger partial charge in [0.15, 0.2) is 5.69 Å². The lowest BCUT2D eigenvalue weighted by Crippen LogP contribution is -2.35. The highest BCUT2D eigenvalue weighted by Crippen LogP contribution is 2.29. The molecule has 32 heavy (non-hydrogen) atoms. The molecule has 2 heterocycles. The highest BCUT2D eigenvalue weighted by atomic mass is 19.4. The number of nitrogens with zero attached hydrogens (tertiary/aromatic N) is 5. The maximum Gasteiger partial charge on any atom is 0.416 e. The Labute approximate surface area is 184 Å². The Morgan fingerprint density at radius 1 is 0.969 bits per heavy atom. The molecule has 0 N–H and O–H groups in total. The topological polar surface area (TPSA) is 54.3 Å². The average Bonchev–Trinajstić information content (AvgIpc) is 3.14. The van der Waals surface area contributed by atoms with Gasteiger partial charge in [-0.25, -0.2) is 4.68 Å². The van der Waals surface area contributed by atoms with Crippen LogP contribution in [0.15, 0.2) is 54.7 Å². The van der Waals surface area contributed by atoms with Crippen molar-refractivity contribution in [1.29, 1.82) is 0 Å². The average molecular weight is 443 g/mol. The lowest BCUT2D eigenvalue weighted by molar-refractivity contribution is -0.137. The van der Waals surface area contributed by atoms with Crippen LogP contribution in [-0.4, -0.2) is 56.9 Å². The number of hydrogen-bond donors (Lipinski definition) is 0. The summed E-state index contributed by atoms with van der Waals surface area (Å²) in [4.78, 5) is 16.8. The summed E-state index contributed by atoms with van der Waals surface area (Å²) >= 11 is 0. The van der Waals surface area contributed by atoms with Crippen LogP contribution >= 0.6 is 0 Å². The Hall–Kier alpha value is -3.20. The number of hydrogen-bond acceptors (Lipinski definition) is 4. The minimum atomic E-state index is -4.33. The number of alkyl halides is 3. The van der Waals surface area contributed by atoms with E-state index in [4.69, 9.17) is 0 Å². The summed E-state index contributed by atoms with van der Waals surface area (Å²) in [7, 11) is 0. The third kappa shape index (κ3) is 5.16. The smallest absolute Gasteiger partial charge is 0.336 e. The van der Waals surface area contributed by atoms with Gasteiger partial charge < -0.3 is 4.90 Å². The number of amides is 1. The van der Waals surface area contributed by atoms with Gasteiger partial charge in [-0.1, -0.05) is 35.0 Å². The van der Waals surface area contributed by atoms with Crippen LogP contribution in [0.3, 0.4) is 0 Å². The summed E-state index contributed by atoms with van der Waals surface area (Å²) < 4.78 is 39.8. The second-order valence-electron chi connectivity index (χ2n) is 8.00. The zero-order valence-corrected chi connectivity index (χ0v) is 17.7. The second kappa shape index (κ2) is 9.12. The SMILES string of the molecule is Cc1ccc(-n2cc(C(=O)N3CCCN(Cc4ccc(C(F)(F)F)cc4)CC3)nn2)cc1. The molecule has 0 bridgehead atoms. The van der Waals surface area contributed by atoms with Gasteiger partial charge in [0.05, 0.1) is 17.4 Å². The first-order chi connectivity index (χ1) is 15.3. The van der Waals surface area contributed by atoms with Gasteiger partial charge in [0, 0.05) is 32.7 Å². The zero-order valence-electron chi connectivity index (χ0n) is 17.7. The van der Waals surface area contributed by atoms with Gasteiger partial charge in [-0.05, 0) is 43.2 Å². The molecule has 2 aromatic carbocycles. The normalized spacial score (nSPS) is 15.6. The minimum Gasteiger partial charge on any atom is -0.336 e. The van der Waals surface area contributed by atoms with Crippen LogP contribution < -0.4 is 0 Å². The van der Waals surface area contributed by atoms with Crippen molar-refractivity contribution < 1.29 is 18.0 Å². The summed E-state index contributed by atoms with van der Waals surface area (Å²) in [5.41, 5.74) is 2.43. The van der Waals surface area contributed by atoms with Crippen molar-refractivity contribution in [1.82, 2.24) is 24.8 Å². The molecule has 0 unspecified atom stereocenters. The van der Waals surface area contributed by atoms with E-state index in [0.717, 1.165) is 41.9 Å². The molecule has 0 saturated carbocycles. The third-order valence-corrected chi connectivity index (χ3v) is 5.57. The quantitative estimate of drug-likeness (QED) is 0.613. The molecule has 1 fully saturated rings. The Kier molecular flexibility index (Phi) is 6.27. The van der Waals surface area contributed by atoms with Gasteiger partial charge in [0.25, 0.3) is 5.91 Å². The first-order valence-electron chi connectivity index (χ1n) is 10.5. The Balaban J connectivity index is 1.36. The van der Waals surface area contributed by atoms with Crippen molar-refractivity contribution in [3.8, 4) is 5.69 Å². The first-order valence-corrected chi connectivity index (χ1v) is 10.5. The van der Waals surface area contributed by atoms with Crippen LogP contribution in [0.1, 0.15) is 33.6 Å². The molecule has 0 radical (unpaired) electrons. The molecule has 1 aliphatic heterocycles. The maximum absolute atomic E-state index is 12.9. The summed E-state index contributed by atoms with van der Waals surface area (Å²) in [6.07, 6.45) is -1.92. The van der Waals surface area contributed by atoms with E-state index in [1.165, 1.54) is 12.1 Å². The molecule has 0 atom stereocenters. The van der Waals surface area contributed by atoms with Crippen molar-refractivity contribution >= 4 is 5.91 Å². The largest absolute Gasteiger partial charge is 0.416 e. The molecule has 3 aromatic rings. The Morgan fingerprint density at radius 3 is 2.38 bits per heavy atom. The second-order valence-corrected chi connectivity index (χ2v) is 8.00. The van der Waals surface area contributed by atoms with Crippen LogP contribution in [0.4, 0.5) is 13.2 Å². The molecule has 9 heteroatoms. The third-order valence-electron chi connectivity index (χ3n) is 5.57. The molecule has 1 aliphatic rings. The molecule has 0 aliphatic carbocycles. The van der Waals surface area contributed by atoms with Crippen molar-refractivity contribution in [2.75, 3.05) is 26.2 Å². The monoisotopic (exact) mass is 443 g/mol. The molecule has 1 aromatic heterocycles. The standard InChI is InChI=1S/C23H24F3N5O/c1-17-3-9-20(10-4-17)31-16-21(27-28-31)22(32)30-12-2-11-29(13-14-30)15-18-5-7-19(8-6-18)23(24,25)26/h3-10,16H,2,11-15H2,1H3. The van der Waals surface area contributed by atoms with Gasteiger partial charge in [0.1, 0.15) is 0 Å². The van der Waals surface area contributed by atoms with Gasteiger partial charge in [-0.3, -0.25) is 9.69 Å². The van der Waals surface area contributed by atoms with Crippen LogP contribution in [0.25, 0.3) is 5.69 Å². The van der Waals surface area contributed by atoms with E-state index in [9.17, 15) is 18.0 Å². The molecule has 0 spiro atoms. The maximum atomic E-state index is 12.9. The predicted octanol–water partition coefficient (Wildman–Crippen LogP) is 3.94. The van der Waals surface area contributed by atoms with E-state index in [0.29, 0.717) is 31.9 Å². The minimum absolute atomic E-state index is 0.167. The number of benzene rings is 2. The number of halogens is 3. The lowest BCUT2D eigenvalue weighted by Gasteiger charge is -2.21. The summed E-state index contributed by atoms with van der Waals surface area (Å²) in [6, 6.07) is 13.0. The zero-order chi connectivity index (χ0) is 22.7. The van der Waals surface area contributed by atoms with Crippen molar-refractivity contribution in [2.45, 2.75) is 26.1 Å². The van der Waals surface area contributed by atoms with Crippen molar-refractivity contribution in [3.05, 3.63) is 77.1 Å². The number of aromatic nitrogens is 3. The van der Waals surface area contributed by atoms with Gasteiger partial charge in [0.2, 0.25) is 0 Å². The number of rotatable bonds is 4. The molecule has 6 nitrogen and oxygen atoms in total.